The highest BCUT2D eigenvalue weighted by molar-refractivity contribution is 6.30. The molecule has 2 nitrogen and oxygen atoms in total. The second kappa shape index (κ2) is 3.64. The maximum Gasteiger partial charge on any atom is 0.131 e. The maximum atomic E-state index is 9.57. The average Bonchev–Trinajstić information content (AvgIpc) is 1.94. The summed E-state index contributed by atoms with van der Waals surface area (Å²) in [5.41, 5.74) is 1.26. The molecular formula is C10H14ClNO. The van der Waals surface area contributed by atoms with Crippen LogP contribution in [0.3, 0.4) is 0 Å². The second-order valence-electron chi connectivity index (χ2n) is 3.94. The fraction of sp³-hybridized carbons (Fsp3) is 0.500. The molecule has 0 fully saturated rings. The molecule has 1 aromatic rings. The first-order chi connectivity index (χ1) is 5.88. The number of hydrogen-bond acceptors (Lipinski definition) is 2. The monoisotopic (exact) mass is 199 g/mol. The van der Waals surface area contributed by atoms with E-state index in [4.69, 9.17) is 11.6 Å². The molecule has 13 heavy (non-hydrogen) atoms. The third kappa shape index (κ3) is 3.33. The summed E-state index contributed by atoms with van der Waals surface area (Å²) in [7, 11) is 0. The van der Waals surface area contributed by atoms with Gasteiger partial charge in [0.05, 0.1) is 5.60 Å². The van der Waals surface area contributed by atoms with Crippen molar-refractivity contribution in [3.05, 3.63) is 28.5 Å². The van der Waals surface area contributed by atoms with Gasteiger partial charge in [0.1, 0.15) is 5.15 Å². The van der Waals surface area contributed by atoms with Crippen LogP contribution in [0.25, 0.3) is 0 Å². The molecular weight excluding hydrogens is 186 g/mol. The van der Waals surface area contributed by atoms with Crippen molar-refractivity contribution in [3.8, 4) is 0 Å². The van der Waals surface area contributed by atoms with E-state index in [0.717, 1.165) is 11.1 Å². The molecule has 1 N–H and O–H groups in total. The first-order valence-electron chi connectivity index (χ1n) is 4.22. The van der Waals surface area contributed by atoms with Gasteiger partial charge in [0, 0.05) is 12.6 Å². The Kier molecular flexibility index (Phi) is 2.94. The summed E-state index contributed by atoms with van der Waals surface area (Å²) in [5, 5.41) is 10.1. The lowest BCUT2D eigenvalue weighted by atomic mass is 9.99. The zero-order valence-electron chi connectivity index (χ0n) is 8.13. The van der Waals surface area contributed by atoms with Crippen LogP contribution in [0.5, 0.6) is 0 Å². The van der Waals surface area contributed by atoms with Crippen molar-refractivity contribution in [3.63, 3.8) is 0 Å². The molecule has 0 atom stereocenters. The van der Waals surface area contributed by atoms with Gasteiger partial charge in [0.2, 0.25) is 0 Å². The van der Waals surface area contributed by atoms with Gasteiger partial charge in [-0.3, -0.25) is 0 Å². The minimum atomic E-state index is -0.693. The molecule has 0 aliphatic carbocycles. The van der Waals surface area contributed by atoms with E-state index in [2.05, 4.69) is 4.98 Å². The smallest absolute Gasteiger partial charge is 0.131 e. The Morgan fingerprint density at radius 1 is 1.54 bits per heavy atom. The molecule has 0 aromatic carbocycles. The van der Waals surface area contributed by atoms with E-state index in [1.165, 1.54) is 0 Å². The SMILES string of the molecule is Cc1cc(CC(C)(C)O)cnc1Cl. The van der Waals surface area contributed by atoms with Gasteiger partial charge >= 0.3 is 0 Å². The summed E-state index contributed by atoms with van der Waals surface area (Å²) < 4.78 is 0. The predicted molar refractivity (Wildman–Crippen MR) is 54.0 cm³/mol. The molecule has 0 aliphatic rings. The highest BCUT2D eigenvalue weighted by Gasteiger charge is 2.13. The molecule has 1 rings (SSSR count). The van der Waals surface area contributed by atoms with Crippen LogP contribution in [0, 0.1) is 6.92 Å². The van der Waals surface area contributed by atoms with Gasteiger partial charge < -0.3 is 5.11 Å². The van der Waals surface area contributed by atoms with Crippen LogP contribution >= 0.6 is 11.6 Å². The largest absolute Gasteiger partial charge is 0.390 e. The average molecular weight is 200 g/mol. The van der Waals surface area contributed by atoms with E-state index >= 15 is 0 Å². The van der Waals surface area contributed by atoms with E-state index in [-0.39, 0.29) is 0 Å². The van der Waals surface area contributed by atoms with E-state index < -0.39 is 5.60 Å². The summed E-state index contributed by atoms with van der Waals surface area (Å²) in [6, 6.07) is 1.95. The lowest BCUT2D eigenvalue weighted by Crippen LogP contribution is -2.21. The minimum absolute atomic E-state index is 0.527. The van der Waals surface area contributed by atoms with Gasteiger partial charge in [-0.2, -0.15) is 0 Å². The van der Waals surface area contributed by atoms with Crippen molar-refractivity contribution in [1.82, 2.24) is 4.98 Å². The highest BCUT2D eigenvalue weighted by atomic mass is 35.5. The van der Waals surface area contributed by atoms with Crippen LogP contribution in [-0.2, 0) is 6.42 Å². The van der Waals surface area contributed by atoms with Gasteiger partial charge in [-0.15, -0.1) is 0 Å². The third-order valence-corrected chi connectivity index (χ3v) is 2.10. The maximum absolute atomic E-state index is 9.57. The topological polar surface area (TPSA) is 33.1 Å². The Bertz CT molecular complexity index is 304. The van der Waals surface area contributed by atoms with E-state index in [1.54, 1.807) is 20.0 Å². The van der Waals surface area contributed by atoms with Crippen molar-refractivity contribution in [1.29, 1.82) is 0 Å². The summed E-state index contributed by atoms with van der Waals surface area (Å²) in [6.45, 7) is 5.46. The summed E-state index contributed by atoms with van der Waals surface area (Å²) in [4.78, 5) is 4.02. The molecule has 3 heteroatoms. The Labute approximate surface area is 83.6 Å². The predicted octanol–water partition coefficient (Wildman–Crippen LogP) is 2.36. The molecule has 0 saturated heterocycles. The van der Waals surface area contributed by atoms with Crippen LogP contribution < -0.4 is 0 Å². The second-order valence-corrected chi connectivity index (χ2v) is 4.30. The van der Waals surface area contributed by atoms with Crippen molar-refractivity contribution in [2.45, 2.75) is 32.8 Å². The van der Waals surface area contributed by atoms with Crippen molar-refractivity contribution < 1.29 is 5.11 Å². The van der Waals surface area contributed by atoms with Crippen molar-refractivity contribution in [2.24, 2.45) is 0 Å². The summed E-state index contributed by atoms with van der Waals surface area (Å²) in [6.07, 6.45) is 2.30. The Balaban J connectivity index is 2.86. The molecule has 0 radical (unpaired) electrons. The first kappa shape index (κ1) is 10.5. The lowest BCUT2D eigenvalue weighted by Gasteiger charge is -2.16. The first-order valence-corrected chi connectivity index (χ1v) is 4.60. The normalized spacial score (nSPS) is 11.8. The van der Waals surface area contributed by atoms with Gasteiger partial charge in [-0.25, -0.2) is 4.98 Å². The molecule has 0 aliphatic heterocycles. The number of aliphatic hydroxyl groups is 1. The molecule has 0 amide bonds. The molecule has 72 valence electrons. The number of pyridine rings is 1. The number of hydrogen-bond donors (Lipinski definition) is 1. The summed E-state index contributed by atoms with van der Waals surface area (Å²) >= 11 is 5.78. The molecule has 0 saturated carbocycles. The van der Waals surface area contributed by atoms with Crippen LogP contribution in [-0.4, -0.2) is 15.7 Å². The van der Waals surface area contributed by atoms with Gasteiger partial charge in [0.25, 0.3) is 0 Å². The zero-order valence-corrected chi connectivity index (χ0v) is 8.89. The molecule has 0 unspecified atom stereocenters. The number of aryl methyl sites for hydroxylation is 1. The molecule has 0 bridgehead atoms. The van der Waals surface area contributed by atoms with Gasteiger partial charge in [-0.1, -0.05) is 17.7 Å². The molecule has 1 heterocycles. The highest BCUT2D eigenvalue weighted by Crippen LogP contribution is 2.16. The van der Waals surface area contributed by atoms with E-state index in [0.29, 0.717) is 11.6 Å². The molecule has 0 spiro atoms. The van der Waals surface area contributed by atoms with Crippen molar-refractivity contribution in [2.75, 3.05) is 0 Å². The van der Waals surface area contributed by atoms with Crippen molar-refractivity contribution >= 4 is 11.6 Å². The fourth-order valence-electron chi connectivity index (χ4n) is 1.21. The standard InChI is InChI=1S/C10H14ClNO/c1-7-4-8(5-10(2,3)13)6-12-9(7)11/h4,6,13H,5H2,1-3H3. The minimum Gasteiger partial charge on any atom is -0.390 e. The Hall–Kier alpha value is -0.600. The number of rotatable bonds is 2. The Morgan fingerprint density at radius 2 is 2.15 bits per heavy atom. The molecule has 1 aromatic heterocycles. The quantitative estimate of drug-likeness (QED) is 0.742. The number of halogens is 1. The fourth-order valence-corrected chi connectivity index (χ4v) is 1.32. The van der Waals surface area contributed by atoms with Crippen LogP contribution in [0.4, 0.5) is 0 Å². The van der Waals surface area contributed by atoms with E-state index in [1.807, 2.05) is 13.0 Å². The van der Waals surface area contributed by atoms with Crippen LogP contribution in [0.2, 0.25) is 5.15 Å². The lowest BCUT2D eigenvalue weighted by molar-refractivity contribution is 0.0809. The van der Waals surface area contributed by atoms with Crippen LogP contribution in [0.15, 0.2) is 12.3 Å². The van der Waals surface area contributed by atoms with Crippen LogP contribution in [0.1, 0.15) is 25.0 Å². The van der Waals surface area contributed by atoms with E-state index in [9.17, 15) is 5.11 Å². The third-order valence-electron chi connectivity index (χ3n) is 1.71. The van der Waals surface area contributed by atoms with Gasteiger partial charge in [-0.05, 0) is 31.9 Å². The zero-order chi connectivity index (χ0) is 10.1. The van der Waals surface area contributed by atoms with Gasteiger partial charge in [0.15, 0.2) is 0 Å². The Morgan fingerprint density at radius 3 is 2.62 bits per heavy atom. The number of nitrogens with zero attached hydrogens (tertiary/aromatic N) is 1. The number of aromatic nitrogens is 1. The summed E-state index contributed by atoms with van der Waals surface area (Å²) in [5.74, 6) is 0.